The SMILES string of the molecule is COc1cc2c(cc1OC)C(COc1cc(C)cc(C)c1)N(C(=O)C(C)(C)C)CC2. The van der Waals surface area contributed by atoms with Gasteiger partial charge in [-0.1, -0.05) is 26.8 Å². The molecular weight excluding hydrogens is 378 g/mol. The lowest BCUT2D eigenvalue weighted by molar-refractivity contribution is -0.143. The fraction of sp³-hybridized carbons (Fsp3) is 0.480. The number of aryl methyl sites for hydroxylation is 2. The maximum absolute atomic E-state index is 13.3. The van der Waals surface area contributed by atoms with Crippen LogP contribution in [-0.4, -0.2) is 38.2 Å². The number of nitrogens with zero attached hydrogens (tertiary/aromatic N) is 1. The van der Waals surface area contributed by atoms with Crippen LogP contribution in [0.2, 0.25) is 0 Å². The first-order chi connectivity index (χ1) is 14.1. The first kappa shape index (κ1) is 22.0. The van der Waals surface area contributed by atoms with Crippen LogP contribution < -0.4 is 14.2 Å². The molecule has 1 atom stereocenters. The maximum atomic E-state index is 13.3. The molecule has 0 bridgehead atoms. The minimum Gasteiger partial charge on any atom is -0.493 e. The molecular formula is C25H33NO4. The Balaban J connectivity index is 1.99. The standard InChI is InChI=1S/C25H33NO4/c1-16-10-17(2)12-19(11-16)30-15-21-20-14-23(29-7)22(28-6)13-18(20)8-9-26(21)24(27)25(3,4)5/h10-14,21H,8-9,15H2,1-7H3. The van der Waals surface area contributed by atoms with Gasteiger partial charge in [-0.15, -0.1) is 0 Å². The molecule has 0 aromatic heterocycles. The fourth-order valence-electron chi connectivity index (χ4n) is 4.07. The normalized spacial score (nSPS) is 16.1. The highest BCUT2D eigenvalue weighted by molar-refractivity contribution is 5.82. The van der Waals surface area contributed by atoms with Crippen LogP contribution in [0.3, 0.4) is 0 Å². The molecule has 162 valence electrons. The van der Waals surface area contributed by atoms with E-state index >= 15 is 0 Å². The van der Waals surface area contributed by atoms with Crippen LogP contribution in [0.25, 0.3) is 0 Å². The largest absolute Gasteiger partial charge is 0.493 e. The minimum absolute atomic E-state index is 0.122. The van der Waals surface area contributed by atoms with E-state index in [2.05, 4.69) is 19.9 Å². The third kappa shape index (κ3) is 4.55. The topological polar surface area (TPSA) is 48.0 Å². The Hall–Kier alpha value is -2.69. The quantitative estimate of drug-likeness (QED) is 0.704. The number of hydrogen-bond acceptors (Lipinski definition) is 4. The molecule has 30 heavy (non-hydrogen) atoms. The molecule has 2 aromatic carbocycles. The first-order valence-corrected chi connectivity index (χ1v) is 10.4. The van der Waals surface area contributed by atoms with E-state index in [-0.39, 0.29) is 11.9 Å². The number of rotatable bonds is 5. The number of amides is 1. The number of hydrogen-bond donors (Lipinski definition) is 0. The van der Waals surface area contributed by atoms with E-state index in [1.54, 1.807) is 14.2 Å². The molecule has 0 aliphatic carbocycles. The van der Waals surface area contributed by atoms with Crippen LogP contribution in [0.15, 0.2) is 30.3 Å². The van der Waals surface area contributed by atoms with Gasteiger partial charge < -0.3 is 19.1 Å². The summed E-state index contributed by atoms with van der Waals surface area (Å²) in [7, 11) is 3.27. The van der Waals surface area contributed by atoms with Crippen molar-refractivity contribution in [3.8, 4) is 17.2 Å². The number of fused-ring (bicyclic) bond motifs is 1. The van der Waals surface area contributed by atoms with Gasteiger partial charge in [0.25, 0.3) is 0 Å². The Labute approximate surface area is 179 Å². The smallest absolute Gasteiger partial charge is 0.228 e. The molecule has 5 nitrogen and oxygen atoms in total. The van der Waals surface area contributed by atoms with Crippen molar-refractivity contribution in [2.24, 2.45) is 5.41 Å². The Bertz CT molecular complexity index is 909. The lowest BCUT2D eigenvalue weighted by Gasteiger charge is -2.40. The number of methoxy groups -OCH3 is 2. The van der Waals surface area contributed by atoms with E-state index in [0.29, 0.717) is 24.7 Å². The third-order valence-electron chi connectivity index (χ3n) is 5.51. The highest BCUT2D eigenvalue weighted by Crippen LogP contribution is 2.39. The van der Waals surface area contributed by atoms with E-state index in [1.807, 2.05) is 49.9 Å². The molecule has 1 unspecified atom stereocenters. The number of carbonyl (C=O) groups excluding carboxylic acids is 1. The van der Waals surface area contributed by atoms with Gasteiger partial charge >= 0.3 is 0 Å². The third-order valence-corrected chi connectivity index (χ3v) is 5.51. The summed E-state index contributed by atoms with van der Waals surface area (Å²) in [6, 6.07) is 10.0. The predicted octanol–water partition coefficient (Wildman–Crippen LogP) is 4.87. The summed E-state index contributed by atoms with van der Waals surface area (Å²) in [6.45, 7) is 11.0. The molecule has 0 radical (unpaired) electrons. The van der Waals surface area contributed by atoms with E-state index in [1.165, 1.54) is 5.56 Å². The van der Waals surface area contributed by atoms with E-state index in [0.717, 1.165) is 28.9 Å². The second kappa shape index (κ2) is 8.58. The van der Waals surface area contributed by atoms with Crippen LogP contribution in [0.5, 0.6) is 17.2 Å². The Morgan fingerprint density at radius 3 is 2.17 bits per heavy atom. The number of carbonyl (C=O) groups is 1. The van der Waals surface area contributed by atoms with Crippen LogP contribution in [0.4, 0.5) is 0 Å². The zero-order valence-corrected chi connectivity index (χ0v) is 19.2. The van der Waals surface area contributed by atoms with Crippen molar-refractivity contribution in [2.75, 3.05) is 27.4 Å². The van der Waals surface area contributed by atoms with Gasteiger partial charge in [0.05, 0.1) is 20.3 Å². The van der Waals surface area contributed by atoms with Crippen LogP contribution in [-0.2, 0) is 11.2 Å². The minimum atomic E-state index is -0.466. The molecule has 1 heterocycles. The average Bonchev–Trinajstić information content (AvgIpc) is 2.68. The Morgan fingerprint density at radius 2 is 1.60 bits per heavy atom. The van der Waals surface area contributed by atoms with Crippen molar-refractivity contribution in [3.63, 3.8) is 0 Å². The van der Waals surface area contributed by atoms with Gasteiger partial charge in [0.1, 0.15) is 12.4 Å². The highest BCUT2D eigenvalue weighted by atomic mass is 16.5. The van der Waals surface area contributed by atoms with Crippen molar-refractivity contribution in [1.29, 1.82) is 0 Å². The second-order valence-corrected chi connectivity index (χ2v) is 9.05. The molecule has 0 spiro atoms. The van der Waals surface area contributed by atoms with E-state index in [4.69, 9.17) is 14.2 Å². The molecule has 1 aliphatic rings. The summed E-state index contributed by atoms with van der Waals surface area (Å²) in [5.74, 6) is 2.32. The predicted molar refractivity (Wildman–Crippen MR) is 119 cm³/mol. The monoisotopic (exact) mass is 411 g/mol. The molecule has 0 fully saturated rings. The molecule has 1 amide bonds. The van der Waals surface area contributed by atoms with Crippen molar-refractivity contribution in [1.82, 2.24) is 4.90 Å². The van der Waals surface area contributed by atoms with E-state index < -0.39 is 5.41 Å². The van der Waals surface area contributed by atoms with Gasteiger partial charge in [-0.2, -0.15) is 0 Å². The number of benzene rings is 2. The van der Waals surface area contributed by atoms with Gasteiger partial charge in [-0.05, 0) is 66.8 Å². The van der Waals surface area contributed by atoms with Crippen molar-refractivity contribution in [3.05, 3.63) is 52.6 Å². The maximum Gasteiger partial charge on any atom is 0.228 e. The summed E-state index contributed by atoms with van der Waals surface area (Å²) in [5.41, 5.74) is 4.07. The Morgan fingerprint density at radius 1 is 1.00 bits per heavy atom. The summed E-state index contributed by atoms with van der Waals surface area (Å²) in [4.78, 5) is 15.2. The molecule has 1 aliphatic heterocycles. The summed E-state index contributed by atoms with van der Waals surface area (Å²) in [5, 5.41) is 0. The summed E-state index contributed by atoms with van der Waals surface area (Å²) < 4.78 is 17.2. The summed E-state index contributed by atoms with van der Waals surface area (Å²) >= 11 is 0. The van der Waals surface area contributed by atoms with Gasteiger partial charge in [-0.25, -0.2) is 0 Å². The van der Waals surface area contributed by atoms with E-state index in [9.17, 15) is 4.79 Å². The fourth-order valence-corrected chi connectivity index (χ4v) is 4.07. The van der Waals surface area contributed by atoms with Crippen molar-refractivity contribution < 1.29 is 19.0 Å². The highest BCUT2D eigenvalue weighted by Gasteiger charge is 2.37. The van der Waals surface area contributed by atoms with Crippen LogP contribution in [0.1, 0.15) is 49.1 Å². The van der Waals surface area contributed by atoms with Crippen molar-refractivity contribution >= 4 is 5.91 Å². The second-order valence-electron chi connectivity index (χ2n) is 9.05. The van der Waals surface area contributed by atoms with Gasteiger partial charge in [0, 0.05) is 12.0 Å². The molecule has 3 rings (SSSR count). The lowest BCUT2D eigenvalue weighted by atomic mass is 9.88. The zero-order valence-electron chi connectivity index (χ0n) is 19.2. The molecule has 0 saturated heterocycles. The van der Waals surface area contributed by atoms with Gasteiger partial charge in [0.2, 0.25) is 5.91 Å². The average molecular weight is 412 g/mol. The Kier molecular flexibility index (Phi) is 6.30. The van der Waals surface area contributed by atoms with Crippen molar-refractivity contribution in [2.45, 2.75) is 47.1 Å². The molecule has 5 heteroatoms. The van der Waals surface area contributed by atoms with Gasteiger partial charge in [-0.3, -0.25) is 4.79 Å². The van der Waals surface area contributed by atoms with Crippen LogP contribution in [0, 0.1) is 19.3 Å². The summed E-state index contributed by atoms with van der Waals surface area (Å²) in [6.07, 6.45) is 0.775. The number of ether oxygens (including phenoxy) is 3. The van der Waals surface area contributed by atoms with Crippen LogP contribution >= 0.6 is 0 Å². The molecule has 2 aromatic rings. The zero-order chi connectivity index (χ0) is 22.1. The lowest BCUT2D eigenvalue weighted by Crippen LogP contribution is -2.47. The first-order valence-electron chi connectivity index (χ1n) is 10.4. The van der Waals surface area contributed by atoms with Gasteiger partial charge in [0.15, 0.2) is 11.5 Å². The molecule has 0 N–H and O–H groups in total. The molecule has 0 saturated carbocycles.